The Labute approximate surface area is 199 Å². The first-order chi connectivity index (χ1) is 14.0. The quantitative estimate of drug-likeness (QED) is 0.320. The van der Waals surface area contributed by atoms with E-state index in [9.17, 15) is 0 Å². The van der Waals surface area contributed by atoms with Crippen LogP contribution in [0.25, 0.3) is 0 Å². The van der Waals surface area contributed by atoms with Crippen molar-refractivity contribution in [2.24, 2.45) is 4.99 Å². The topological polar surface area (TPSA) is 58.1 Å². The van der Waals surface area contributed by atoms with Gasteiger partial charge < -0.3 is 20.1 Å². The average molecular weight is 530 g/mol. The number of guanidine groups is 1. The second kappa shape index (κ2) is 12.1. The number of rotatable bonds is 7. The molecule has 0 saturated carbocycles. The molecule has 2 N–H and O–H groups in total. The van der Waals surface area contributed by atoms with Crippen molar-refractivity contribution in [2.45, 2.75) is 64.6 Å². The highest BCUT2D eigenvalue weighted by atomic mass is 127. The third-order valence-corrected chi connectivity index (χ3v) is 5.97. The molecular weight excluding hydrogens is 491 g/mol. The van der Waals surface area contributed by atoms with Crippen LogP contribution in [-0.4, -0.2) is 62.4 Å². The van der Waals surface area contributed by atoms with E-state index in [4.69, 9.17) is 9.47 Å². The summed E-state index contributed by atoms with van der Waals surface area (Å²) in [4.78, 5) is 7.01. The van der Waals surface area contributed by atoms with Gasteiger partial charge in [0.25, 0.3) is 0 Å². The van der Waals surface area contributed by atoms with Gasteiger partial charge >= 0.3 is 0 Å². The molecule has 1 aromatic rings. The lowest BCUT2D eigenvalue weighted by molar-refractivity contribution is 0.0982. The third-order valence-electron chi connectivity index (χ3n) is 5.97. The average Bonchev–Trinajstić information content (AvgIpc) is 3.23. The number of benzene rings is 1. The molecule has 0 aliphatic carbocycles. The van der Waals surface area contributed by atoms with Crippen molar-refractivity contribution in [1.29, 1.82) is 0 Å². The molecule has 2 aliphatic rings. The van der Waals surface area contributed by atoms with Crippen LogP contribution in [-0.2, 0) is 11.3 Å². The molecule has 7 heteroatoms. The van der Waals surface area contributed by atoms with E-state index >= 15 is 0 Å². The lowest BCUT2D eigenvalue weighted by atomic mass is 9.98. The van der Waals surface area contributed by atoms with Crippen LogP contribution in [0.1, 0.15) is 50.7 Å². The molecule has 6 nitrogen and oxygen atoms in total. The Morgan fingerprint density at radius 2 is 2.00 bits per heavy atom. The maximum Gasteiger partial charge on any atom is 0.191 e. The minimum Gasteiger partial charge on any atom is -0.488 e. The Hall–Kier alpha value is -1.06. The normalized spacial score (nSPS) is 20.5. The fourth-order valence-corrected chi connectivity index (χ4v) is 4.01. The molecule has 170 valence electrons. The first-order valence-corrected chi connectivity index (χ1v) is 11.0. The van der Waals surface area contributed by atoms with Gasteiger partial charge in [0.15, 0.2) is 5.96 Å². The number of halogens is 1. The van der Waals surface area contributed by atoms with Crippen LogP contribution in [0.4, 0.5) is 0 Å². The zero-order chi connectivity index (χ0) is 20.7. The van der Waals surface area contributed by atoms with Crippen LogP contribution in [0.2, 0.25) is 0 Å². The molecule has 2 fully saturated rings. The minimum absolute atomic E-state index is 0. The van der Waals surface area contributed by atoms with E-state index < -0.39 is 0 Å². The van der Waals surface area contributed by atoms with Crippen molar-refractivity contribution >= 4 is 29.9 Å². The van der Waals surface area contributed by atoms with E-state index in [1.807, 2.05) is 7.05 Å². The molecule has 3 rings (SSSR count). The van der Waals surface area contributed by atoms with Crippen molar-refractivity contribution in [1.82, 2.24) is 15.5 Å². The number of likely N-dealkylation sites (tertiary alicyclic amines) is 1. The van der Waals surface area contributed by atoms with Gasteiger partial charge in [-0.05, 0) is 58.3 Å². The molecular formula is C23H39IN4O2. The predicted octanol–water partition coefficient (Wildman–Crippen LogP) is 3.71. The van der Waals surface area contributed by atoms with E-state index in [0.29, 0.717) is 13.2 Å². The van der Waals surface area contributed by atoms with E-state index in [0.717, 1.165) is 36.8 Å². The predicted molar refractivity (Wildman–Crippen MR) is 134 cm³/mol. The molecule has 0 bridgehead atoms. The maximum absolute atomic E-state index is 6.21. The standard InChI is InChI=1S/C23H38N4O2.HI/c1-18-8-9-19(21(14-18)29-20-10-13-28-16-20)15-25-22(24-4)26-17-23(2,3)27-11-6-5-7-12-27;/h8-9,14,20H,5-7,10-13,15-17H2,1-4H3,(H2,24,25,26);1H. The van der Waals surface area contributed by atoms with Crippen molar-refractivity contribution in [3.8, 4) is 5.75 Å². The molecule has 1 unspecified atom stereocenters. The smallest absolute Gasteiger partial charge is 0.191 e. The molecule has 2 aliphatic heterocycles. The van der Waals surface area contributed by atoms with Crippen molar-refractivity contribution in [2.75, 3.05) is 39.9 Å². The molecule has 2 saturated heterocycles. The molecule has 2 heterocycles. The van der Waals surface area contributed by atoms with Crippen LogP contribution < -0.4 is 15.4 Å². The lowest BCUT2D eigenvalue weighted by Gasteiger charge is -2.41. The van der Waals surface area contributed by atoms with Gasteiger partial charge in [-0.25, -0.2) is 0 Å². The van der Waals surface area contributed by atoms with Crippen LogP contribution in [0.5, 0.6) is 5.75 Å². The first kappa shape index (κ1) is 25.2. The van der Waals surface area contributed by atoms with Gasteiger partial charge in [-0.15, -0.1) is 24.0 Å². The van der Waals surface area contributed by atoms with Gasteiger partial charge in [0.2, 0.25) is 0 Å². The summed E-state index contributed by atoms with van der Waals surface area (Å²) in [6.45, 7) is 12.1. The Kier molecular flexibility index (Phi) is 10.2. The van der Waals surface area contributed by atoms with Gasteiger partial charge in [0, 0.05) is 37.7 Å². The van der Waals surface area contributed by atoms with Crippen LogP contribution in [0.3, 0.4) is 0 Å². The molecule has 0 spiro atoms. The van der Waals surface area contributed by atoms with Crippen molar-refractivity contribution in [3.05, 3.63) is 29.3 Å². The number of hydrogen-bond acceptors (Lipinski definition) is 4. The molecule has 1 aromatic carbocycles. The highest BCUT2D eigenvalue weighted by molar-refractivity contribution is 14.0. The number of hydrogen-bond donors (Lipinski definition) is 2. The van der Waals surface area contributed by atoms with E-state index in [2.05, 4.69) is 59.5 Å². The summed E-state index contributed by atoms with van der Waals surface area (Å²) in [7, 11) is 1.83. The fourth-order valence-electron chi connectivity index (χ4n) is 4.01. The fraction of sp³-hybridized carbons (Fsp3) is 0.696. The molecule has 0 radical (unpaired) electrons. The van der Waals surface area contributed by atoms with E-state index in [1.165, 1.54) is 37.9 Å². The van der Waals surface area contributed by atoms with Crippen LogP contribution in [0.15, 0.2) is 23.2 Å². The van der Waals surface area contributed by atoms with Gasteiger partial charge in [-0.1, -0.05) is 18.6 Å². The summed E-state index contributed by atoms with van der Waals surface area (Å²) in [5, 5.41) is 6.97. The Balaban J connectivity index is 0.00000320. The first-order valence-electron chi connectivity index (χ1n) is 11.0. The van der Waals surface area contributed by atoms with E-state index in [1.54, 1.807) is 0 Å². The summed E-state index contributed by atoms with van der Waals surface area (Å²) >= 11 is 0. The van der Waals surface area contributed by atoms with E-state index in [-0.39, 0.29) is 35.6 Å². The minimum atomic E-state index is 0. The zero-order valence-corrected chi connectivity index (χ0v) is 21.3. The highest BCUT2D eigenvalue weighted by Crippen LogP contribution is 2.24. The summed E-state index contributed by atoms with van der Waals surface area (Å²) < 4.78 is 11.7. The number of nitrogens with one attached hydrogen (secondary N) is 2. The SMILES string of the molecule is CN=C(NCc1ccc(C)cc1OC1CCOC1)NCC(C)(C)N1CCCCC1.I. The Bertz CT molecular complexity index is 684. The third kappa shape index (κ3) is 7.27. The van der Waals surface area contributed by atoms with Gasteiger partial charge in [-0.2, -0.15) is 0 Å². The zero-order valence-electron chi connectivity index (χ0n) is 19.0. The Morgan fingerprint density at radius 1 is 1.23 bits per heavy atom. The number of piperidine rings is 1. The van der Waals surface area contributed by atoms with Crippen molar-refractivity contribution < 1.29 is 9.47 Å². The summed E-state index contributed by atoms with van der Waals surface area (Å²) in [5.41, 5.74) is 2.45. The number of aryl methyl sites for hydroxylation is 1. The molecule has 1 atom stereocenters. The monoisotopic (exact) mass is 530 g/mol. The molecule has 30 heavy (non-hydrogen) atoms. The number of nitrogens with zero attached hydrogens (tertiary/aromatic N) is 2. The van der Waals surface area contributed by atoms with Gasteiger partial charge in [0.1, 0.15) is 11.9 Å². The largest absolute Gasteiger partial charge is 0.488 e. The highest BCUT2D eigenvalue weighted by Gasteiger charge is 2.28. The molecule has 0 amide bonds. The van der Waals surface area contributed by atoms with Crippen LogP contribution in [0, 0.1) is 6.92 Å². The number of aliphatic imine (C=N–C) groups is 1. The molecule has 0 aromatic heterocycles. The number of ether oxygens (including phenoxy) is 2. The summed E-state index contributed by atoms with van der Waals surface area (Å²) in [5.74, 6) is 1.77. The van der Waals surface area contributed by atoms with Crippen LogP contribution >= 0.6 is 24.0 Å². The second-order valence-electron chi connectivity index (χ2n) is 8.85. The van der Waals surface area contributed by atoms with Gasteiger partial charge in [0.05, 0.1) is 13.2 Å². The Morgan fingerprint density at radius 3 is 2.67 bits per heavy atom. The lowest BCUT2D eigenvalue weighted by Crippen LogP contribution is -2.54. The van der Waals surface area contributed by atoms with Crippen molar-refractivity contribution in [3.63, 3.8) is 0 Å². The second-order valence-corrected chi connectivity index (χ2v) is 8.85. The summed E-state index contributed by atoms with van der Waals surface area (Å²) in [6, 6.07) is 6.38. The maximum atomic E-state index is 6.21. The summed E-state index contributed by atoms with van der Waals surface area (Å²) in [6.07, 6.45) is 5.07. The van der Waals surface area contributed by atoms with Gasteiger partial charge in [-0.3, -0.25) is 9.89 Å².